The number of rotatable bonds is 13. The molecule has 2 atom stereocenters. The van der Waals surface area contributed by atoms with Crippen molar-refractivity contribution in [3.63, 3.8) is 0 Å². The van der Waals surface area contributed by atoms with E-state index < -0.39 is 23.6 Å². The van der Waals surface area contributed by atoms with Gasteiger partial charge in [0, 0.05) is 35.5 Å². The summed E-state index contributed by atoms with van der Waals surface area (Å²) in [7, 11) is 3.06. The van der Waals surface area contributed by atoms with Crippen LogP contribution in [0.25, 0.3) is 17.0 Å². The number of methoxy groups -OCH3 is 2. The van der Waals surface area contributed by atoms with E-state index in [9.17, 15) is 14.4 Å². The van der Waals surface area contributed by atoms with Gasteiger partial charge in [-0.05, 0) is 52.7 Å². The van der Waals surface area contributed by atoms with Crippen molar-refractivity contribution in [2.24, 2.45) is 5.73 Å². The molecule has 2 heterocycles. The number of benzene rings is 2. The van der Waals surface area contributed by atoms with Crippen LogP contribution in [0.4, 0.5) is 22.2 Å². The Morgan fingerprint density at radius 1 is 0.961 bits per heavy atom. The van der Waals surface area contributed by atoms with Crippen LogP contribution in [0.2, 0.25) is 0 Å². The first-order valence-corrected chi connectivity index (χ1v) is 16.6. The Balaban J connectivity index is 1.59. The van der Waals surface area contributed by atoms with Crippen molar-refractivity contribution in [2.45, 2.75) is 71.1 Å². The quantitative estimate of drug-likeness (QED) is 0.138. The molecule has 1 aliphatic carbocycles. The average Bonchev–Trinajstić information content (AvgIpc) is 3.53. The third-order valence-electron chi connectivity index (χ3n) is 7.88. The van der Waals surface area contributed by atoms with Gasteiger partial charge in [-0.25, -0.2) is 14.6 Å². The van der Waals surface area contributed by atoms with Gasteiger partial charge in [-0.3, -0.25) is 4.79 Å². The van der Waals surface area contributed by atoms with Gasteiger partial charge in [-0.1, -0.05) is 25.0 Å². The molecule has 0 spiro atoms. The first kappa shape index (κ1) is 36.5. The Hall–Kier alpha value is -5.80. The lowest BCUT2D eigenvalue weighted by molar-refractivity contribution is -0.145. The number of alkyl carbamates (subject to hydrolysis) is 1. The molecule has 0 bridgehead atoms. The minimum absolute atomic E-state index is 0.0251. The molecule has 2 aromatic heterocycles. The molecule has 1 saturated carbocycles. The Morgan fingerprint density at radius 3 is 2.31 bits per heavy atom. The minimum Gasteiger partial charge on any atom is -0.497 e. The third kappa shape index (κ3) is 9.26. The maximum absolute atomic E-state index is 13.1. The standard InChI is InChI=1S/C35H44N8O8/c1-7-49-27(44)19-50-22-12-10-11-20(15-22)30-40-32-28(29(36)45)31(37-21-16-23(47-5)18-24(17-21)48-6)41-33(43(32)42-30)38-25-13-8-9-14-26(25)39-34(46)51-35(2,3)4/h10-12,15-18,25-26,37H,7-9,13-14,19H2,1-6H3,(H2,36,45)(H,38,41)(H,39,46). The molecule has 0 aliphatic heterocycles. The number of nitrogens with zero attached hydrogens (tertiary/aromatic N) is 4. The fraction of sp³-hybridized carbons (Fsp3) is 0.429. The van der Waals surface area contributed by atoms with Gasteiger partial charge in [0.15, 0.2) is 23.9 Å². The third-order valence-corrected chi connectivity index (χ3v) is 7.88. The van der Waals surface area contributed by atoms with E-state index >= 15 is 0 Å². The summed E-state index contributed by atoms with van der Waals surface area (Å²) < 4.78 is 28.4. The van der Waals surface area contributed by atoms with E-state index in [2.05, 4.69) is 16.0 Å². The second-order valence-electron chi connectivity index (χ2n) is 12.8. The fourth-order valence-electron chi connectivity index (χ4n) is 5.66. The van der Waals surface area contributed by atoms with E-state index in [4.69, 9.17) is 44.5 Å². The molecule has 2 aromatic carbocycles. The topological polar surface area (TPSA) is 203 Å². The number of anilines is 3. The van der Waals surface area contributed by atoms with Gasteiger partial charge in [0.05, 0.1) is 26.9 Å². The first-order valence-electron chi connectivity index (χ1n) is 16.6. The summed E-state index contributed by atoms with van der Waals surface area (Å²) in [5, 5.41) is 14.4. The van der Waals surface area contributed by atoms with Crippen molar-refractivity contribution >= 4 is 41.1 Å². The molecule has 16 nitrogen and oxygen atoms in total. The second-order valence-corrected chi connectivity index (χ2v) is 12.8. The number of ether oxygens (including phenoxy) is 5. The summed E-state index contributed by atoms with van der Waals surface area (Å²) in [6, 6.07) is 11.4. The highest BCUT2D eigenvalue weighted by molar-refractivity contribution is 6.04. The number of carbonyl (C=O) groups is 3. The first-order chi connectivity index (χ1) is 24.4. The number of carbonyl (C=O) groups excluding carboxylic acids is 3. The highest BCUT2D eigenvalue weighted by Gasteiger charge is 2.31. The molecule has 5 rings (SSSR count). The number of fused-ring (bicyclic) bond motifs is 1. The summed E-state index contributed by atoms with van der Waals surface area (Å²) in [6.45, 7) is 7.10. The van der Waals surface area contributed by atoms with E-state index in [0.29, 0.717) is 41.3 Å². The van der Waals surface area contributed by atoms with Gasteiger partial charge in [-0.2, -0.15) is 9.50 Å². The zero-order valence-corrected chi connectivity index (χ0v) is 29.6. The van der Waals surface area contributed by atoms with Crippen molar-refractivity contribution in [3.05, 3.63) is 48.0 Å². The number of amides is 2. The van der Waals surface area contributed by atoms with Crippen LogP contribution < -0.4 is 35.9 Å². The molecule has 0 saturated heterocycles. The van der Waals surface area contributed by atoms with Gasteiger partial charge >= 0.3 is 12.1 Å². The van der Waals surface area contributed by atoms with Gasteiger partial charge in [-0.15, -0.1) is 5.10 Å². The van der Waals surface area contributed by atoms with E-state index in [0.717, 1.165) is 12.8 Å². The van der Waals surface area contributed by atoms with Crippen molar-refractivity contribution in [1.82, 2.24) is 24.9 Å². The number of nitrogens with one attached hydrogen (secondary N) is 3. The molecule has 51 heavy (non-hydrogen) atoms. The lowest BCUT2D eigenvalue weighted by Gasteiger charge is -2.33. The van der Waals surface area contributed by atoms with Crippen LogP contribution in [0.1, 0.15) is 63.7 Å². The summed E-state index contributed by atoms with van der Waals surface area (Å²) in [4.78, 5) is 47.4. The van der Waals surface area contributed by atoms with Crippen molar-refractivity contribution in [1.29, 1.82) is 0 Å². The van der Waals surface area contributed by atoms with E-state index in [1.165, 1.54) is 18.7 Å². The summed E-state index contributed by atoms with van der Waals surface area (Å²) in [5.74, 6) is 0.667. The number of nitrogens with two attached hydrogens (primary N) is 1. The Morgan fingerprint density at radius 2 is 1.67 bits per heavy atom. The summed E-state index contributed by atoms with van der Waals surface area (Å²) in [6.07, 6.45) is 2.70. The molecular weight excluding hydrogens is 660 g/mol. The predicted octanol–water partition coefficient (Wildman–Crippen LogP) is 4.84. The lowest BCUT2D eigenvalue weighted by Crippen LogP contribution is -2.50. The van der Waals surface area contributed by atoms with Crippen LogP contribution in [-0.4, -0.2) is 82.7 Å². The fourth-order valence-corrected chi connectivity index (χ4v) is 5.66. The number of esters is 1. The van der Waals surface area contributed by atoms with E-state index in [-0.39, 0.29) is 54.1 Å². The minimum atomic E-state index is -0.802. The Labute approximate surface area is 295 Å². The van der Waals surface area contributed by atoms with Gasteiger partial charge in [0.25, 0.3) is 5.91 Å². The SMILES string of the molecule is CCOC(=O)COc1cccc(-c2nc3c(C(N)=O)c(Nc4cc(OC)cc(OC)c4)nc(NC4CCCCC4NC(=O)OC(C)(C)C)n3n2)c1. The second kappa shape index (κ2) is 15.8. The predicted molar refractivity (Wildman–Crippen MR) is 189 cm³/mol. The van der Waals surface area contributed by atoms with E-state index in [1.807, 2.05) is 0 Å². The Kier molecular flexibility index (Phi) is 11.3. The molecule has 1 aliphatic rings. The normalized spacial score (nSPS) is 15.8. The van der Waals surface area contributed by atoms with Gasteiger partial charge in [0.2, 0.25) is 5.95 Å². The molecular formula is C35H44N8O8. The van der Waals surface area contributed by atoms with Crippen molar-refractivity contribution < 1.29 is 38.1 Å². The zero-order valence-electron chi connectivity index (χ0n) is 29.6. The summed E-state index contributed by atoms with van der Waals surface area (Å²) >= 11 is 0. The number of aromatic nitrogens is 4. The molecule has 272 valence electrons. The van der Waals surface area contributed by atoms with Crippen LogP contribution in [0.3, 0.4) is 0 Å². The maximum Gasteiger partial charge on any atom is 0.407 e. The number of hydrogen-bond donors (Lipinski definition) is 4. The van der Waals surface area contributed by atoms with E-state index in [1.54, 1.807) is 70.2 Å². The largest absolute Gasteiger partial charge is 0.497 e. The maximum atomic E-state index is 13.1. The molecule has 16 heteroatoms. The van der Waals surface area contributed by atoms with Crippen LogP contribution in [0.5, 0.6) is 17.2 Å². The molecule has 2 unspecified atom stereocenters. The number of hydrogen-bond acceptors (Lipinski definition) is 13. The van der Waals surface area contributed by atoms with Crippen LogP contribution in [-0.2, 0) is 14.3 Å². The molecule has 5 N–H and O–H groups in total. The van der Waals surface area contributed by atoms with Crippen LogP contribution in [0.15, 0.2) is 42.5 Å². The molecule has 2 amide bonds. The van der Waals surface area contributed by atoms with Crippen molar-refractivity contribution in [2.75, 3.05) is 38.1 Å². The summed E-state index contributed by atoms with van der Waals surface area (Å²) in [5.41, 5.74) is 6.45. The van der Waals surface area contributed by atoms with Gasteiger partial charge in [0.1, 0.15) is 28.4 Å². The number of primary amides is 1. The molecule has 1 fully saturated rings. The average molecular weight is 705 g/mol. The van der Waals surface area contributed by atoms with Gasteiger partial charge < -0.3 is 45.4 Å². The Bertz CT molecular complexity index is 1870. The monoisotopic (exact) mass is 704 g/mol. The van der Waals surface area contributed by atoms with Crippen LogP contribution in [0, 0.1) is 0 Å². The highest BCUT2D eigenvalue weighted by Crippen LogP contribution is 2.32. The van der Waals surface area contributed by atoms with Crippen LogP contribution >= 0.6 is 0 Å². The molecule has 0 radical (unpaired) electrons. The zero-order chi connectivity index (χ0) is 36.7. The van der Waals surface area contributed by atoms with Crippen molar-refractivity contribution in [3.8, 4) is 28.6 Å². The molecule has 4 aromatic rings. The lowest BCUT2D eigenvalue weighted by atomic mass is 9.90. The smallest absolute Gasteiger partial charge is 0.407 e. The highest BCUT2D eigenvalue weighted by atomic mass is 16.6.